The van der Waals surface area contributed by atoms with Crippen LogP contribution in [-0.2, 0) is 22.3 Å². The number of carbonyl (C=O) groups is 1. The summed E-state index contributed by atoms with van der Waals surface area (Å²) in [6.45, 7) is 6.17. The fourth-order valence-corrected chi connectivity index (χ4v) is 4.04. The first-order valence-corrected chi connectivity index (χ1v) is 12.3. The van der Waals surface area contributed by atoms with E-state index in [2.05, 4.69) is 10.1 Å². The molecular weight excluding hydrogens is 503 g/mol. The van der Waals surface area contributed by atoms with Crippen LogP contribution in [0.1, 0.15) is 56.7 Å². The number of ether oxygens (including phenoxy) is 3. The van der Waals surface area contributed by atoms with E-state index in [4.69, 9.17) is 18.7 Å². The highest BCUT2D eigenvalue weighted by Crippen LogP contribution is 2.39. The van der Waals surface area contributed by atoms with Crippen LogP contribution in [0.3, 0.4) is 0 Å². The SMILES string of the molecule is CC(C)(C)OC(=O)N1CCC[C@H]1c1nc(-c2ccc(OCCOCc3ccccc3)c(C(F)(F)F)c2)no1. The van der Waals surface area contributed by atoms with Crippen LogP contribution in [0.2, 0.25) is 0 Å². The van der Waals surface area contributed by atoms with E-state index in [0.29, 0.717) is 26.0 Å². The van der Waals surface area contributed by atoms with Crippen molar-refractivity contribution in [1.82, 2.24) is 15.0 Å². The van der Waals surface area contributed by atoms with Gasteiger partial charge in [-0.15, -0.1) is 0 Å². The van der Waals surface area contributed by atoms with E-state index >= 15 is 0 Å². The topological polar surface area (TPSA) is 86.9 Å². The second-order valence-corrected chi connectivity index (χ2v) is 9.88. The molecule has 2 heterocycles. The van der Waals surface area contributed by atoms with E-state index in [1.165, 1.54) is 17.0 Å². The molecule has 0 radical (unpaired) electrons. The Hall–Kier alpha value is -3.60. The van der Waals surface area contributed by atoms with Gasteiger partial charge in [0.1, 0.15) is 24.0 Å². The van der Waals surface area contributed by atoms with Gasteiger partial charge in [0.25, 0.3) is 0 Å². The summed E-state index contributed by atoms with van der Waals surface area (Å²) < 4.78 is 63.2. The lowest BCUT2D eigenvalue weighted by molar-refractivity contribution is -0.139. The van der Waals surface area contributed by atoms with Gasteiger partial charge in [0, 0.05) is 12.1 Å². The number of hydrogen-bond donors (Lipinski definition) is 0. The molecule has 1 fully saturated rings. The largest absolute Gasteiger partial charge is 0.491 e. The number of likely N-dealkylation sites (tertiary alicyclic amines) is 1. The van der Waals surface area contributed by atoms with Crippen LogP contribution in [0, 0.1) is 0 Å². The Balaban J connectivity index is 1.43. The van der Waals surface area contributed by atoms with Crippen LogP contribution in [0.4, 0.5) is 18.0 Å². The molecule has 2 aromatic carbocycles. The maximum atomic E-state index is 13.8. The van der Waals surface area contributed by atoms with Crippen LogP contribution in [0.5, 0.6) is 5.75 Å². The number of halogens is 3. The van der Waals surface area contributed by atoms with Crippen molar-refractivity contribution < 1.29 is 36.7 Å². The first-order valence-electron chi connectivity index (χ1n) is 12.3. The number of hydrogen-bond acceptors (Lipinski definition) is 7. The zero-order chi connectivity index (χ0) is 27.3. The Kier molecular flexibility index (Phi) is 8.25. The Bertz CT molecular complexity index is 1220. The summed E-state index contributed by atoms with van der Waals surface area (Å²) in [5.74, 6) is -0.188. The minimum Gasteiger partial charge on any atom is -0.491 e. The van der Waals surface area contributed by atoms with Crippen LogP contribution >= 0.6 is 0 Å². The first kappa shape index (κ1) is 27.4. The first-order chi connectivity index (χ1) is 18.0. The molecule has 0 unspecified atom stereocenters. The molecule has 4 rings (SSSR count). The van der Waals surface area contributed by atoms with Crippen molar-refractivity contribution in [3.63, 3.8) is 0 Å². The highest BCUT2D eigenvalue weighted by atomic mass is 19.4. The summed E-state index contributed by atoms with van der Waals surface area (Å²) in [5.41, 5.74) is -0.558. The van der Waals surface area contributed by atoms with Crippen molar-refractivity contribution in [3.8, 4) is 17.1 Å². The summed E-state index contributed by atoms with van der Waals surface area (Å²) in [6, 6.07) is 12.5. The summed E-state index contributed by atoms with van der Waals surface area (Å²) in [5, 5.41) is 3.87. The van der Waals surface area contributed by atoms with Gasteiger partial charge in [0.05, 0.1) is 18.8 Å². The standard InChI is InChI=1S/C27H30F3N3O5/c1-26(2,3)37-25(34)33-13-7-10-21(33)24-31-23(32-38-24)19-11-12-22(20(16-19)27(28,29)30)36-15-14-35-17-18-8-5-4-6-9-18/h4-6,8-9,11-12,16,21H,7,10,13-15,17H2,1-3H3/t21-/m0/s1. The Labute approximate surface area is 218 Å². The lowest BCUT2D eigenvalue weighted by Crippen LogP contribution is -2.36. The molecule has 204 valence electrons. The molecular formula is C27H30F3N3O5. The molecule has 1 aromatic heterocycles. The number of amides is 1. The Morgan fingerprint density at radius 3 is 2.58 bits per heavy atom. The second kappa shape index (κ2) is 11.4. The number of carbonyl (C=O) groups excluding carboxylic acids is 1. The van der Waals surface area contributed by atoms with Crippen molar-refractivity contribution in [1.29, 1.82) is 0 Å². The van der Waals surface area contributed by atoms with Gasteiger partial charge in [-0.2, -0.15) is 18.2 Å². The number of alkyl halides is 3. The third kappa shape index (κ3) is 7.03. The van der Waals surface area contributed by atoms with Crippen LogP contribution in [0.15, 0.2) is 53.1 Å². The summed E-state index contributed by atoms with van der Waals surface area (Å²) in [7, 11) is 0. The molecule has 0 bridgehead atoms. The highest BCUT2D eigenvalue weighted by molar-refractivity contribution is 5.69. The Morgan fingerprint density at radius 1 is 1.11 bits per heavy atom. The lowest BCUT2D eigenvalue weighted by Gasteiger charge is -2.26. The summed E-state index contributed by atoms with van der Waals surface area (Å²) >= 11 is 0. The number of aromatic nitrogens is 2. The van der Waals surface area contributed by atoms with Gasteiger partial charge >= 0.3 is 12.3 Å². The highest BCUT2D eigenvalue weighted by Gasteiger charge is 2.38. The van der Waals surface area contributed by atoms with E-state index in [0.717, 1.165) is 11.6 Å². The van der Waals surface area contributed by atoms with Crippen molar-refractivity contribution in [2.24, 2.45) is 0 Å². The third-order valence-electron chi connectivity index (χ3n) is 5.75. The fourth-order valence-electron chi connectivity index (χ4n) is 4.04. The molecule has 11 heteroatoms. The molecule has 38 heavy (non-hydrogen) atoms. The quantitative estimate of drug-likeness (QED) is 0.309. The molecule has 1 atom stereocenters. The normalized spacial score (nSPS) is 16.1. The number of rotatable bonds is 8. The molecule has 1 saturated heterocycles. The van der Waals surface area contributed by atoms with E-state index in [1.807, 2.05) is 30.3 Å². The number of nitrogens with zero attached hydrogens (tertiary/aromatic N) is 3. The maximum absolute atomic E-state index is 13.8. The molecule has 3 aromatic rings. The average Bonchev–Trinajstić information content (AvgIpc) is 3.53. The zero-order valence-corrected chi connectivity index (χ0v) is 21.5. The molecule has 0 N–H and O–H groups in total. The molecule has 0 aliphatic carbocycles. The van der Waals surface area contributed by atoms with E-state index in [-0.39, 0.29) is 36.2 Å². The van der Waals surface area contributed by atoms with Crippen molar-refractivity contribution in [3.05, 3.63) is 65.5 Å². The lowest BCUT2D eigenvalue weighted by atomic mass is 10.1. The monoisotopic (exact) mass is 533 g/mol. The predicted molar refractivity (Wildman–Crippen MR) is 131 cm³/mol. The summed E-state index contributed by atoms with van der Waals surface area (Å²) in [6.07, 6.45) is -3.88. The average molecular weight is 534 g/mol. The van der Waals surface area contributed by atoms with Gasteiger partial charge < -0.3 is 18.7 Å². The van der Waals surface area contributed by atoms with Gasteiger partial charge in [-0.3, -0.25) is 4.90 Å². The van der Waals surface area contributed by atoms with Gasteiger partial charge in [0.15, 0.2) is 0 Å². The predicted octanol–water partition coefficient (Wildman–Crippen LogP) is 6.42. The van der Waals surface area contributed by atoms with Crippen molar-refractivity contribution in [2.45, 2.75) is 58.0 Å². The third-order valence-corrected chi connectivity index (χ3v) is 5.75. The molecule has 1 aliphatic rings. The molecule has 1 amide bonds. The smallest absolute Gasteiger partial charge is 0.419 e. The van der Waals surface area contributed by atoms with Crippen LogP contribution in [0.25, 0.3) is 11.4 Å². The molecule has 0 saturated carbocycles. The second-order valence-electron chi connectivity index (χ2n) is 9.88. The van der Waals surface area contributed by atoms with Crippen molar-refractivity contribution in [2.75, 3.05) is 19.8 Å². The van der Waals surface area contributed by atoms with Gasteiger partial charge in [-0.1, -0.05) is 35.5 Å². The summed E-state index contributed by atoms with van der Waals surface area (Å²) in [4.78, 5) is 18.4. The van der Waals surface area contributed by atoms with Gasteiger partial charge in [-0.25, -0.2) is 4.79 Å². The molecule has 8 nitrogen and oxygen atoms in total. The van der Waals surface area contributed by atoms with E-state index < -0.39 is 29.5 Å². The van der Waals surface area contributed by atoms with Crippen LogP contribution < -0.4 is 4.74 Å². The van der Waals surface area contributed by atoms with Gasteiger partial charge in [0.2, 0.25) is 11.7 Å². The minimum atomic E-state index is -4.66. The number of benzene rings is 2. The van der Waals surface area contributed by atoms with Crippen LogP contribution in [-0.4, -0.2) is 46.5 Å². The molecule has 1 aliphatic heterocycles. The maximum Gasteiger partial charge on any atom is 0.419 e. The van der Waals surface area contributed by atoms with E-state index in [9.17, 15) is 18.0 Å². The minimum absolute atomic E-state index is 0.0146. The van der Waals surface area contributed by atoms with Gasteiger partial charge in [-0.05, 0) is 57.4 Å². The molecule has 0 spiro atoms. The van der Waals surface area contributed by atoms with E-state index in [1.54, 1.807) is 20.8 Å². The Morgan fingerprint density at radius 2 is 1.87 bits per heavy atom. The zero-order valence-electron chi connectivity index (χ0n) is 21.5. The van der Waals surface area contributed by atoms with Crippen molar-refractivity contribution >= 4 is 6.09 Å². The fraction of sp³-hybridized carbons (Fsp3) is 0.444.